The molecular weight excluding hydrogens is 272 g/mol. The number of carboxylic acid groups (broad SMARTS) is 1. The van der Waals surface area contributed by atoms with Crippen molar-refractivity contribution in [3.05, 3.63) is 0 Å². The molecule has 0 heterocycles. The van der Waals surface area contributed by atoms with Gasteiger partial charge in [-0.05, 0) is 25.7 Å². The predicted molar refractivity (Wildman–Crippen MR) is 78.6 cm³/mol. The highest BCUT2D eigenvalue weighted by Crippen LogP contribution is 2.25. The first-order chi connectivity index (χ1) is 9.70. The maximum atomic E-state index is 11.7. The second kappa shape index (κ2) is 7.43. The molecule has 0 aliphatic heterocycles. The van der Waals surface area contributed by atoms with E-state index in [0.717, 1.165) is 6.42 Å². The van der Waals surface area contributed by atoms with Crippen LogP contribution in [0.3, 0.4) is 0 Å². The number of amides is 2. The Morgan fingerprint density at radius 2 is 1.86 bits per heavy atom. The molecule has 1 saturated carbocycles. The summed E-state index contributed by atoms with van der Waals surface area (Å²) in [7, 11) is 0. The van der Waals surface area contributed by atoms with Crippen LogP contribution >= 0.6 is 0 Å². The third kappa shape index (κ3) is 6.14. The molecule has 21 heavy (non-hydrogen) atoms. The van der Waals surface area contributed by atoms with Crippen molar-refractivity contribution < 1.29 is 19.5 Å². The summed E-state index contributed by atoms with van der Waals surface area (Å²) in [5.74, 6) is -1.21. The first-order valence-electron chi connectivity index (χ1n) is 7.50. The van der Waals surface area contributed by atoms with Gasteiger partial charge in [0.05, 0.1) is 5.92 Å². The molecule has 2 amide bonds. The van der Waals surface area contributed by atoms with Gasteiger partial charge in [-0.2, -0.15) is 0 Å². The Kier molecular flexibility index (Phi) is 6.18. The third-order valence-electron chi connectivity index (χ3n) is 3.69. The number of rotatable bonds is 6. The lowest BCUT2D eigenvalue weighted by Gasteiger charge is -2.17. The summed E-state index contributed by atoms with van der Waals surface area (Å²) < 4.78 is 0. The van der Waals surface area contributed by atoms with Gasteiger partial charge in [-0.15, -0.1) is 0 Å². The van der Waals surface area contributed by atoms with Crippen molar-refractivity contribution in [2.45, 2.75) is 58.9 Å². The van der Waals surface area contributed by atoms with Crippen molar-refractivity contribution in [2.75, 3.05) is 6.54 Å². The molecule has 3 N–H and O–H groups in total. The zero-order valence-electron chi connectivity index (χ0n) is 13.1. The minimum Gasteiger partial charge on any atom is -0.481 e. The van der Waals surface area contributed by atoms with Crippen molar-refractivity contribution in [1.82, 2.24) is 10.6 Å². The van der Waals surface area contributed by atoms with E-state index in [-0.39, 0.29) is 23.8 Å². The first kappa shape index (κ1) is 17.5. The zero-order chi connectivity index (χ0) is 16.0. The van der Waals surface area contributed by atoms with Gasteiger partial charge in [-0.1, -0.05) is 20.8 Å². The van der Waals surface area contributed by atoms with Gasteiger partial charge in [-0.3, -0.25) is 14.4 Å². The maximum absolute atomic E-state index is 11.7. The van der Waals surface area contributed by atoms with E-state index in [1.54, 1.807) is 0 Å². The topological polar surface area (TPSA) is 95.5 Å². The van der Waals surface area contributed by atoms with E-state index in [9.17, 15) is 14.4 Å². The summed E-state index contributed by atoms with van der Waals surface area (Å²) >= 11 is 0. The maximum Gasteiger partial charge on any atom is 0.306 e. The molecule has 0 aromatic rings. The molecule has 120 valence electrons. The Hall–Kier alpha value is -1.59. The molecule has 0 saturated heterocycles. The van der Waals surface area contributed by atoms with Crippen LogP contribution in [0.5, 0.6) is 0 Å². The number of nitrogens with one attached hydrogen (secondary N) is 2. The quantitative estimate of drug-likeness (QED) is 0.644. The predicted octanol–water partition coefficient (Wildman–Crippen LogP) is 1.30. The zero-order valence-corrected chi connectivity index (χ0v) is 13.1. The molecule has 0 unspecified atom stereocenters. The van der Waals surface area contributed by atoms with E-state index < -0.39 is 11.4 Å². The normalized spacial score (nSPS) is 21.9. The van der Waals surface area contributed by atoms with Crippen LogP contribution in [0.15, 0.2) is 0 Å². The highest BCUT2D eigenvalue weighted by atomic mass is 16.4. The molecule has 2 atom stereocenters. The fourth-order valence-electron chi connectivity index (χ4n) is 2.35. The van der Waals surface area contributed by atoms with Crippen molar-refractivity contribution in [3.63, 3.8) is 0 Å². The van der Waals surface area contributed by atoms with Crippen molar-refractivity contribution >= 4 is 17.8 Å². The van der Waals surface area contributed by atoms with E-state index >= 15 is 0 Å². The molecule has 1 aliphatic carbocycles. The second-order valence-electron chi connectivity index (χ2n) is 6.72. The van der Waals surface area contributed by atoms with Crippen LogP contribution in [0, 0.1) is 11.3 Å². The number of carboxylic acids is 1. The van der Waals surface area contributed by atoms with Crippen LogP contribution in [0.2, 0.25) is 0 Å². The SMILES string of the molecule is CC(C)(C)C(=O)NCCCC(=O)N[C@@H]1CC[C@H](C(=O)O)C1. The summed E-state index contributed by atoms with van der Waals surface area (Å²) in [6.07, 6.45) is 2.80. The average Bonchev–Trinajstić information content (AvgIpc) is 2.81. The molecule has 6 nitrogen and oxygen atoms in total. The van der Waals surface area contributed by atoms with Gasteiger partial charge in [0.1, 0.15) is 0 Å². The Labute approximate surface area is 125 Å². The highest BCUT2D eigenvalue weighted by molar-refractivity contribution is 5.81. The average molecular weight is 298 g/mol. The lowest BCUT2D eigenvalue weighted by atomic mass is 9.96. The van der Waals surface area contributed by atoms with E-state index in [1.807, 2.05) is 20.8 Å². The number of carbonyl (C=O) groups is 3. The van der Waals surface area contributed by atoms with Crippen LogP contribution in [0.1, 0.15) is 52.9 Å². The van der Waals surface area contributed by atoms with E-state index in [0.29, 0.717) is 32.2 Å². The van der Waals surface area contributed by atoms with E-state index in [2.05, 4.69) is 10.6 Å². The van der Waals surface area contributed by atoms with Crippen LogP contribution in [0.4, 0.5) is 0 Å². The highest BCUT2D eigenvalue weighted by Gasteiger charge is 2.30. The fraction of sp³-hybridized carbons (Fsp3) is 0.800. The summed E-state index contributed by atoms with van der Waals surface area (Å²) in [5, 5.41) is 14.6. The van der Waals surface area contributed by atoms with Gasteiger partial charge in [0, 0.05) is 24.4 Å². The molecule has 0 aromatic heterocycles. The minimum absolute atomic E-state index is 0.0250. The van der Waals surface area contributed by atoms with E-state index in [4.69, 9.17) is 5.11 Å². The van der Waals surface area contributed by atoms with E-state index in [1.165, 1.54) is 0 Å². The van der Waals surface area contributed by atoms with Gasteiger partial charge in [-0.25, -0.2) is 0 Å². The van der Waals surface area contributed by atoms with Gasteiger partial charge in [0.2, 0.25) is 11.8 Å². The summed E-state index contributed by atoms with van der Waals surface area (Å²) in [6.45, 7) is 6.00. The van der Waals surface area contributed by atoms with Crippen molar-refractivity contribution in [1.29, 1.82) is 0 Å². The van der Waals surface area contributed by atoms with Crippen LogP contribution in [-0.2, 0) is 14.4 Å². The Bertz CT molecular complexity index is 401. The Morgan fingerprint density at radius 1 is 1.19 bits per heavy atom. The molecule has 1 rings (SSSR count). The lowest BCUT2D eigenvalue weighted by molar-refractivity contribution is -0.141. The molecule has 6 heteroatoms. The smallest absolute Gasteiger partial charge is 0.306 e. The number of carbonyl (C=O) groups excluding carboxylic acids is 2. The van der Waals surface area contributed by atoms with Gasteiger partial charge >= 0.3 is 5.97 Å². The lowest BCUT2D eigenvalue weighted by Crippen LogP contribution is -2.36. The minimum atomic E-state index is -0.781. The molecule has 0 aromatic carbocycles. The third-order valence-corrected chi connectivity index (χ3v) is 3.69. The first-order valence-corrected chi connectivity index (χ1v) is 7.50. The molecular formula is C15H26N2O4. The fourth-order valence-corrected chi connectivity index (χ4v) is 2.35. The summed E-state index contributed by atoms with van der Waals surface area (Å²) in [5.41, 5.74) is -0.419. The standard InChI is InChI=1S/C15H26N2O4/c1-15(2,3)14(21)16-8-4-5-12(18)17-11-7-6-10(9-11)13(19)20/h10-11H,4-9H2,1-3H3,(H,16,21)(H,17,18)(H,19,20)/t10-,11+/m0/s1. The van der Waals surface area contributed by atoms with Crippen LogP contribution in [-0.4, -0.2) is 35.5 Å². The Morgan fingerprint density at radius 3 is 2.38 bits per heavy atom. The van der Waals surface area contributed by atoms with Gasteiger partial charge in [0.25, 0.3) is 0 Å². The monoisotopic (exact) mass is 298 g/mol. The van der Waals surface area contributed by atoms with Crippen molar-refractivity contribution in [2.24, 2.45) is 11.3 Å². The Balaban J connectivity index is 2.15. The second-order valence-corrected chi connectivity index (χ2v) is 6.72. The summed E-state index contributed by atoms with van der Waals surface area (Å²) in [4.78, 5) is 34.2. The largest absolute Gasteiger partial charge is 0.481 e. The van der Waals surface area contributed by atoms with Crippen LogP contribution < -0.4 is 10.6 Å². The molecule has 0 radical (unpaired) electrons. The summed E-state index contributed by atoms with van der Waals surface area (Å²) in [6, 6.07) is -0.0252. The van der Waals surface area contributed by atoms with Gasteiger partial charge < -0.3 is 15.7 Å². The number of aliphatic carboxylic acids is 1. The molecule has 1 aliphatic rings. The van der Waals surface area contributed by atoms with Crippen molar-refractivity contribution in [3.8, 4) is 0 Å². The number of hydrogen-bond acceptors (Lipinski definition) is 3. The molecule has 1 fully saturated rings. The molecule has 0 spiro atoms. The van der Waals surface area contributed by atoms with Crippen LogP contribution in [0.25, 0.3) is 0 Å². The van der Waals surface area contributed by atoms with Gasteiger partial charge in [0.15, 0.2) is 0 Å². The molecule has 0 bridgehead atoms. The number of hydrogen-bond donors (Lipinski definition) is 3.